The molecule has 1 aromatic heterocycles. The Bertz CT molecular complexity index is 1480. The number of carbonyl (C=O) groups is 4. The number of carbonyl (C=O) groups excluding carboxylic acids is 4. The van der Waals surface area contributed by atoms with E-state index in [0.29, 0.717) is 44.5 Å². The number of rotatable bonds is 7. The van der Waals surface area contributed by atoms with E-state index < -0.39 is 41.5 Å². The lowest BCUT2D eigenvalue weighted by Gasteiger charge is -2.35. The lowest BCUT2D eigenvalue weighted by atomic mass is 9.79. The zero-order valence-electron chi connectivity index (χ0n) is 29.0. The van der Waals surface area contributed by atoms with Crippen LogP contribution in [0.5, 0.6) is 0 Å². The summed E-state index contributed by atoms with van der Waals surface area (Å²) in [5.41, 5.74) is 4.34. The van der Waals surface area contributed by atoms with Gasteiger partial charge in [-0.1, -0.05) is 58.0 Å². The Kier molecular flexibility index (Phi) is 12.1. The molecule has 1 saturated heterocycles. The van der Waals surface area contributed by atoms with Gasteiger partial charge in [0.25, 0.3) is 5.91 Å². The van der Waals surface area contributed by atoms with Gasteiger partial charge in [-0.15, -0.1) is 0 Å². The quantitative estimate of drug-likeness (QED) is 0.382. The molecule has 3 N–H and O–H groups in total. The average molecular weight is 649 g/mol. The van der Waals surface area contributed by atoms with Crippen LogP contribution in [0, 0.1) is 11.3 Å². The van der Waals surface area contributed by atoms with Gasteiger partial charge in [0.1, 0.15) is 24.2 Å². The summed E-state index contributed by atoms with van der Waals surface area (Å²) in [5.74, 6) is -1.75. The second-order valence-electron chi connectivity index (χ2n) is 13.4. The van der Waals surface area contributed by atoms with Crippen molar-refractivity contribution >= 4 is 40.7 Å². The number of nitrogens with one attached hydrogen (secondary N) is 3. The van der Waals surface area contributed by atoms with Crippen LogP contribution in [0.3, 0.4) is 0 Å². The van der Waals surface area contributed by atoms with Gasteiger partial charge >= 0.3 is 5.97 Å². The fourth-order valence-corrected chi connectivity index (χ4v) is 6.20. The van der Waals surface area contributed by atoms with Crippen LogP contribution >= 0.6 is 0 Å². The number of pyridine rings is 1. The number of ether oxygens (including phenoxy) is 1. The highest BCUT2D eigenvalue weighted by Gasteiger charge is 2.38. The minimum atomic E-state index is -0.894. The fourth-order valence-electron chi connectivity index (χ4n) is 6.20. The summed E-state index contributed by atoms with van der Waals surface area (Å²) in [7, 11) is 2.05. The van der Waals surface area contributed by atoms with Crippen LogP contribution in [0.2, 0.25) is 0 Å². The molecule has 5 bridgehead atoms. The largest absolute Gasteiger partial charge is 0.455 e. The van der Waals surface area contributed by atoms with E-state index in [0.717, 1.165) is 29.4 Å². The molecule has 2 aliphatic rings. The fraction of sp³-hybridized carbons (Fsp3) is 0.583. The van der Waals surface area contributed by atoms with Crippen molar-refractivity contribution in [3.8, 4) is 0 Å². The highest BCUT2D eigenvalue weighted by Crippen LogP contribution is 2.32. The van der Waals surface area contributed by atoms with Gasteiger partial charge in [-0.2, -0.15) is 0 Å². The minimum Gasteiger partial charge on any atom is -0.455 e. The highest BCUT2D eigenvalue weighted by molar-refractivity contribution is 5.94. The van der Waals surface area contributed by atoms with Gasteiger partial charge in [-0.05, 0) is 89.7 Å². The lowest BCUT2D eigenvalue weighted by molar-refractivity contribution is -0.157. The van der Waals surface area contributed by atoms with Crippen molar-refractivity contribution in [2.75, 3.05) is 26.7 Å². The number of aromatic nitrogens is 1. The third-order valence-corrected chi connectivity index (χ3v) is 9.37. The monoisotopic (exact) mass is 648 g/mol. The van der Waals surface area contributed by atoms with Crippen LogP contribution < -0.4 is 16.1 Å². The number of nitrogens with zero attached hydrogens (tertiary/aromatic N) is 3. The molecular weight excluding hydrogens is 596 g/mol. The molecule has 11 heteroatoms. The van der Waals surface area contributed by atoms with Gasteiger partial charge in [-0.3, -0.25) is 24.2 Å². The number of cyclic esters (lactones) is 1. The standard InChI is InChI=1S/C36H52N6O5/c1-8-19-41(7)21-18-36(9-2)17-16-26-12-13-27-14-15-28(38-30(27)22-26)25(6)47-34(45)29-11-10-20-42(40-29)33(44)24(5)37-32(43)31(23(3)4)39-35(36)46/h12-17,22-25,29,31,40H,8-11,18-21H2,1-7H3,(H,37,43)(H,39,46)/b17-16+/t24-,25+,29-,31-,36?/m0/s1. The molecule has 2 aromatic rings. The maximum atomic E-state index is 14.3. The van der Waals surface area contributed by atoms with E-state index in [9.17, 15) is 19.2 Å². The molecule has 3 amide bonds. The van der Waals surface area contributed by atoms with E-state index in [1.165, 1.54) is 5.01 Å². The summed E-state index contributed by atoms with van der Waals surface area (Å²) in [6, 6.07) is 7.27. The zero-order chi connectivity index (χ0) is 34.3. The zero-order valence-corrected chi connectivity index (χ0v) is 29.0. The molecule has 11 nitrogen and oxygen atoms in total. The molecule has 47 heavy (non-hydrogen) atoms. The number of hydrogen-bond acceptors (Lipinski definition) is 8. The van der Waals surface area contributed by atoms with Gasteiger partial charge in [-0.25, -0.2) is 10.4 Å². The van der Waals surface area contributed by atoms with Gasteiger partial charge in [0.05, 0.1) is 16.6 Å². The SMILES string of the molecule is CCCN(C)CCC1(CC)/C=C/c2ccc3ccc(nc3c2)[C@@H](C)OC(=O)[C@@H]2CCCN(N2)C(=O)[C@H](C)NC(=O)[C@H](C(C)C)NC1=O. The third-order valence-electron chi connectivity index (χ3n) is 9.37. The van der Waals surface area contributed by atoms with Gasteiger partial charge in [0.15, 0.2) is 0 Å². The summed E-state index contributed by atoms with van der Waals surface area (Å²) in [6.45, 7) is 13.2. The van der Waals surface area contributed by atoms with Crippen molar-refractivity contribution in [3.63, 3.8) is 0 Å². The molecular formula is C36H52N6O5. The van der Waals surface area contributed by atoms with Crippen molar-refractivity contribution in [2.45, 2.75) is 97.9 Å². The van der Waals surface area contributed by atoms with Gasteiger partial charge < -0.3 is 20.3 Å². The topological polar surface area (TPSA) is 133 Å². The van der Waals surface area contributed by atoms with E-state index in [1.54, 1.807) is 13.8 Å². The Balaban J connectivity index is 1.77. The number of esters is 1. The Labute approximate surface area is 278 Å². The maximum Gasteiger partial charge on any atom is 0.325 e. The average Bonchev–Trinajstić information content (AvgIpc) is 3.06. The first-order valence-corrected chi connectivity index (χ1v) is 17.0. The Hall–Kier alpha value is -3.83. The van der Waals surface area contributed by atoms with Crippen LogP contribution in [0.4, 0.5) is 0 Å². The van der Waals surface area contributed by atoms with E-state index in [1.807, 2.05) is 63.3 Å². The smallest absolute Gasteiger partial charge is 0.325 e. The minimum absolute atomic E-state index is 0.230. The van der Waals surface area contributed by atoms with E-state index >= 15 is 0 Å². The Morgan fingerprint density at radius 1 is 1.06 bits per heavy atom. The molecule has 0 radical (unpaired) electrons. The third kappa shape index (κ3) is 8.75. The molecule has 0 spiro atoms. The number of amides is 3. The second-order valence-corrected chi connectivity index (χ2v) is 13.4. The number of benzene rings is 1. The van der Waals surface area contributed by atoms with E-state index in [-0.39, 0.29) is 17.7 Å². The van der Waals surface area contributed by atoms with Crippen LogP contribution in [0.25, 0.3) is 17.0 Å². The van der Waals surface area contributed by atoms with Gasteiger partial charge in [0.2, 0.25) is 11.8 Å². The molecule has 0 aliphatic carbocycles. The van der Waals surface area contributed by atoms with Gasteiger partial charge in [0, 0.05) is 11.9 Å². The number of fused-ring (bicyclic) bond motifs is 4. The predicted molar refractivity (Wildman–Crippen MR) is 183 cm³/mol. The summed E-state index contributed by atoms with van der Waals surface area (Å²) in [4.78, 5) is 61.6. The second kappa shape index (κ2) is 15.8. The van der Waals surface area contributed by atoms with E-state index in [4.69, 9.17) is 9.72 Å². The molecule has 5 atom stereocenters. The molecule has 3 heterocycles. The molecule has 1 aromatic carbocycles. The maximum absolute atomic E-state index is 14.3. The number of hydrazine groups is 1. The first-order valence-electron chi connectivity index (χ1n) is 17.0. The summed E-state index contributed by atoms with van der Waals surface area (Å²) < 4.78 is 5.82. The Morgan fingerprint density at radius 3 is 2.51 bits per heavy atom. The molecule has 1 fully saturated rings. The molecule has 2 aliphatic heterocycles. The molecule has 1 unspecified atom stereocenters. The lowest BCUT2D eigenvalue weighted by Crippen LogP contribution is -2.61. The van der Waals surface area contributed by atoms with Crippen LogP contribution in [0.1, 0.15) is 91.0 Å². The van der Waals surface area contributed by atoms with Crippen LogP contribution in [0.15, 0.2) is 36.4 Å². The molecule has 4 rings (SSSR count). The first kappa shape index (κ1) is 36.0. The van der Waals surface area contributed by atoms with E-state index in [2.05, 4.69) is 34.9 Å². The predicted octanol–water partition coefficient (Wildman–Crippen LogP) is 4.14. The first-order chi connectivity index (χ1) is 22.4. The van der Waals surface area contributed by atoms with Crippen molar-refractivity contribution in [2.24, 2.45) is 11.3 Å². The Morgan fingerprint density at radius 2 is 1.81 bits per heavy atom. The van der Waals surface area contributed by atoms with Crippen molar-refractivity contribution < 1.29 is 23.9 Å². The van der Waals surface area contributed by atoms with Crippen molar-refractivity contribution in [3.05, 3.63) is 47.7 Å². The van der Waals surface area contributed by atoms with Crippen LogP contribution in [-0.4, -0.2) is 83.4 Å². The summed E-state index contributed by atoms with van der Waals surface area (Å²) in [6.07, 6.45) is 6.48. The number of hydrogen-bond donors (Lipinski definition) is 3. The highest BCUT2D eigenvalue weighted by atomic mass is 16.5. The summed E-state index contributed by atoms with van der Waals surface area (Å²) in [5, 5.41) is 8.20. The normalized spacial score (nSPS) is 27.1. The van der Waals surface area contributed by atoms with Crippen LogP contribution in [-0.2, 0) is 23.9 Å². The molecule has 256 valence electrons. The van der Waals surface area contributed by atoms with Crippen molar-refractivity contribution in [1.29, 1.82) is 0 Å². The van der Waals surface area contributed by atoms with Crippen molar-refractivity contribution in [1.82, 2.24) is 31.0 Å². The molecule has 0 saturated carbocycles. The summed E-state index contributed by atoms with van der Waals surface area (Å²) >= 11 is 0.